The number of rotatable bonds is 4. The molecule has 1 fully saturated rings. The summed E-state index contributed by atoms with van der Waals surface area (Å²) in [7, 11) is 1.44. The van der Waals surface area contributed by atoms with Crippen LogP contribution < -0.4 is 5.32 Å². The van der Waals surface area contributed by atoms with Gasteiger partial charge in [0.15, 0.2) is 5.01 Å². The van der Waals surface area contributed by atoms with Crippen LogP contribution in [0.4, 0.5) is 5.13 Å². The summed E-state index contributed by atoms with van der Waals surface area (Å²) in [6.45, 7) is 0. The summed E-state index contributed by atoms with van der Waals surface area (Å²) >= 11 is 1.48. The minimum Gasteiger partial charge on any atom is -0.469 e. The van der Waals surface area contributed by atoms with Gasteiger partial charge in [0, 0.05) is 12.2 Å². The molecule has 0 saturated heterocycles. The lowest BCUT2D eigenvalue weighted by Crippen LogP contribution is -2.18. The van der Waals surface area contributed by atoms with Gasteiger partial charge in [-0.1, -0.05) is 17.4 Å². The molecule has 21 heavy (non-hydrogen) atoms. The van der Waals surface area contributed by atoms with Crippen molar-refractivity contribution in [2.75, 3.05) is 12.4 Å². The van der Waals surface area contributed by atoms with E-state index in [2.05, 4.69) is 20.5 Å². The fraction of sp³-hybridized carbons (Fsp3) is 0.429. The topological polar surface area (TPSA) is 77.0 Å². The zero-order chi connectivity index (χ0) is 14.7. The highest BCUT2D eigenvalue weighted by atomic mass is 32.1. The molecule has 6 nitrogen and oxygen atoms in total. The van der Waals surface area contributed by atoms with Crippen LogP contribution in [0.2, 0.25) is 0 Å². The standard InChI is InChI=1S/C14H16N4O2S/c1-20-13(19)9-5-6-10(8-9)16-14-18-17-12(21-14)11-4-2-3-7-15-11/h2-4,7,9-10H,5-6,8H2,1H3,(H,16,18)/t9-,10+/m0/s1. The molecule has 0 aliphatic heterocycles. The molecule has 1 aliphatic rings. The van der Waals surface area contributed by atoms with Crippen molar-refractivity contribution in [2.24, 2.45) is 5.92 Å². The number of carbonyl (C=O) groups excluding carboxylic acids is 1. The molecule has 1 saturated carbocycles. The van der Waals surface area contributed by atoms with Crippen LogP contribution in [-0.2, 0) is 9.53 Å². The van der Waals surface area contributed by atoms with Crippen LogP contribution in [0.5, 0.6) is 0 Å². The third kappa shape index (κ3) is 3.18. The van der Waals surface area contributed by atoms with E-state index in [1.165, 1.54) is 18.4 Å². The van der Waals surface area contributed by atoms with E-state index in [1.807, 2.05) is 18.2 Å². The fourth-order valence-electron chi connectivity index (χ4n) is 2.54. The number of nitrogens with zero attached hydrogens (tertiary/aromatic N) is 3. The third-order valence-corrected chi connectivity index (χ3v) is 4.48. The van der Waals surface area contributed by atoms with Crippen molar-refractivity contribution in [1.29, 1.82) is 0 Å². The first-order valence-electron chi connectivity index (χ1n) is 6.85. The number of anilines is 1. The van der Waals surface area contributed by atoms with Crippen molar-refractivity contribution in [1.82, 2.24) is 15.2 Å². The van der Waals surface area contributed by atoms with Gasteiger partial charge in [0.05, 0.1) is 13.0 Å². The van der Waals surface area contributed by atoms with E-state index in [0.717, 1.165) is 35.1 Å². The summed E-state index contributed by atoms with van der Waals surface area (Å²) in [5.41, 5.74) is 0.821. The van der Waals surface area contributed by atoms with E-state index in [4.69, 9.17) is 4.74 Å². The Morgan fingerprint density at radius 2 is 2.29 bits per heavy atom. The number of ether oxygens (including phenoxy) is 1. The molecule has 0 spiro atoms. The molecule has 0 bridgehead atoms. The number of methoxy groups -OCH3 is 1. The van der Waals surface area contributed by atoms with Gasteiger partial charge in [-0.2, -0.15) is 0 Å². The zero-order valence-corrected chi connectivity index (χ0v) is 12.5. The van der Waals surface area contributed by atoms with Gasteiger partial charge < -0.3 is 10.1 Å². The van der Waals surface area contributed by atoms with Gasteiger partial charge in [-0.05, 0) is 31.4 Å². The van der Waals surface area contributed by atoms with E-state index in [-0.39, 0.29) is 17.9 Å². The number of hydrogen-bond donors (Lipinski definition) is 1. The number of aromatic nitrogens is 3. The molecular weight excluding hydrogens is 288 g/mol. The van der Waals surface area contributed by atoms with Crippen LogP contribution in [-0.4, -0.2) is 34.3 Å². The van der Waals surface area contributed by atoms with Gasteiger partial charge in [0.2, 0.25) is 5.13 Å². The van der Waals surface area contributed by atoms with Gasteiger partial charge in [-0.15, -0.1) is 10.2 Å². The van der Waals surface area contributed by atoms with Gasteiger partial charge in [-0.25, -0.2) is 0 Å². The summed E-state index contributed by atoms with van der Waals surface area (Å²) in [5.74, 6) is -0.124. The maximum atomic E-state index is 11.5. The summed E-state index contributed by atoms with van der Waals surface area (Å²) < 4.78 is 4.79. The highest BCUT2D eigenvalue weighted by molar-refractivity contribution is 7.18. The second-order valence-corrected chi connectivity index (χ2v) is 5.98. The average molecular weight is 304 g/mol. The van der Waals surface area contributed by atoms with Gasteiger partial charge in [-0.3, -0.25) is 9.78 Å². The van der Waals surface area contributed by atoms with Gasteiger partial charge >= 0.3 is 5.97 Å². The molecule has 0 aromatic carbocycles. The van der Waals surface area contributed by atoms with Crippen molar-refractivity contribution < 1.29 is 9.53 Å². The van der Waals surface area contributed by atoms with Crippen molar-refractivity contribution in [3.8, 4) is 10.7 Å². The van der Waals surface area contributed by atoms with Crippen molar-refractivity contribution >= 4 is 22.4 Å². The van der Waals surface area contributed by atoms with Crippen LogP contribution in [0.1, 0.15) is 19.3 Å². The van der Waals surface area contributed by atoms with Gasteiger partial charge in [0.25, 0.3) is 0 Å². The van der Waals surface area contributed by atoms with Crippen molar-refractivity contribution in [2.45, 2.75) is 25.3 Å². The molecule has 2 aromatic heterocycles. The van der Waals surface area contributed by atoms with E-state index in [0.29, 0.717) is 0 Å². The zero-order valence-electron chi connectivity index (χ0n) is 11.7. The minimum absolute atomic E-state index is 0.00400. The van der Waals surface area contributed by atoms with Crippen LogP contribution in [0.15, 0.2) is 24.4 Å². The van der Waals surface area contributed by atoms with E-state index >= 15 is 0 Å². The van der Waals surface area contributed by atoms with E-state index in [9.17, 15) is 4.79 Å². The normalized spacial score (nSPS) is 21.2. The Hall–Kier alpha value is -2.02. The predicted molar refractivity (Wildman–Crippen MR) is 79.9 cm³/mol. The Balaban J connectivity index is 1.62. The van der Waals surface area contributed by atoms with Crippen LogP contribution in [0.25, 0.3) is 10.7 Å². The lowest BCUT2D eigenvalue weighted by atomic mass is 10.1. The summed E-state index contributed by atoms with van der Waals surface area (Å²) in [4.78, 5) is 15.8. The maximum absolute atomic E-state index is 11.5. The number of esters is 1. The molecule has 1 N–H and O–H groups in total. The molecule has 2 heterocycles. The molecule has 110 valence electrons. The molecule has 3 rings (SSSR count). The third-order valence-electron chi connectivity index (χ3n) is 3.60. The first-order valence-corrected chi connectivity index (χ1v) is 7.67. The lowest BCUT2D eigenvalue weighted by molar-refractivity contribution is -0.145. The van der Waals surface area contributed by atoms with E-state index in [1.54, 1.807) is 6.20 Å². The Morgan fingerprint density at radius 3 is 3.05 bits per heavy atom. The first-order chi connectivity index (χ1) is 10.3. The summed E-state index contributed by atoms with van der Waals surface area (Å²) in [6, 6.07) is 5.95. The molecule has 0 amide bonds. The molecular formula is C14H16N4O2S. The number of pyridine rings is 1. The molecule has 7 heteroatoms. The maximum Gasteiger partial charge on any atom is 0.308 e. The molecule has 0 unspecified atom stereocenters. The Bertz CT molecular complexity index is 616. The Kier molecular flexibility index (Phi) is 4.10. The molecule has 1 aliphatic carbocycles. The van der Waals surface area contributed by atoms with Crippen molar-refractivity contribution in [3.63, 3.8) is 0 Å². The Labute approximate surface area is 126 Å². The second-order valence-electron chi connectivity index (χ2n) is 5.00. The summed E-state index contributed by atoms with van der Waals surface area (Å²) in [5, 5.41) is 13.2. The number of carbonyl (C=O) groups is 1. The smallest absolute Gasteiger partial charge is 0.308 e. The van der Waals surface area contributed by atoms with Gasteiger partial charge in [0.1, 0.15) is 5.69 Å². The number of hydrogen-bond acceptors (Lipinski definition) is 7. The fourth-order valence-corrected chi connectivity index (χ4v) is 3.34. The highest BCUT2D eigenvalue weighted by Gasteiger charge is 2.31. The summed E-state index contributed by atoms with van der Waals surface area (Å²) in [6.07, 6.45) is 4.32. The second kappa shape index (κ2) is 6.17. The minimum atomic E-state index is -0.120. The monoisotopic (exact) mass is 304 g/mol. The van der Waals surface area contributed by atoms with Crippen LogP contribution in [0, 0.1) is 5.92 Å². The molecule has 0 radical (unpaired) electrons. The number of nitrogens with one attached hydrogen (secondary N) is 1. The average Bonchev–Trinajstić information content (AvgIpc) is 3.17. The predicted octanol–water partition coefficient (Wildman–Crippen LogP) is 2.35. The van der Waals surface area contributed by atoms with Crippen LogP contribution in [0.3, 0.4) is 0 Å². The SMILES string of the molecule is COC(=O)[C@H]1CC[C@@H](Nc2nnc(-c3ccccn3)s2)C1. The molecule has 2 atom stereocenters. The quantitative estimate of drug-likeness (QED) is 0.874. The molecule has 2 aromatic rings. The highest BCUT2D eigenvalue weighted by Crippen LogP contribution is 2.31. The van der Waals surface area contributed by atoms with E-state index < -0.39 is 0 Å². The largest absolute Gasteiger partial charge is 0.469 e. The Morgan fingerprint density at radius 1 is 1.38 bits per heavy atom. The van der Waals surface area contributed by atoms with Crippen LogP contribution >= 0.6 is 11.3 Å². The van der Waals surface area contributed by atoms with Crippen molar-refractivity contribution in [3.05, 3.63) is 24.4 Å². The lowest BCUT2D eigenvalue weighted by Gasteiger charge is -2.10. The first kappa shape index (κ1) is 13.9.